The Morgan fingerprint density at radius 3 is 2.10 bits per heavy atom. The van der Waals surface area contributed by atoms with Crippen molar-refractivity contribution in [2.75, 3.05) is 0 Å². The van der Waals surface area contributed by atoms with E-state index in [9.17, 15) is 9.90 Å². The first-order valence-electron chi connectivity index (χ1n) is 9.95. The molecule has 0 aliphatic carbocycles. The van der Waals surface area contributed by atoms with Gasteiger partial charge < -0.3 is 14.6 Å². The largest absolute Gasteiger partial charge is 0.504 e. The first-order valence-corrected chi connectivity index (χ1v) is 9.95. The molecular weight excluding hydrogens is 364 g/mol. The highest BCUT2D eigenvalue weighted by molar-refractivity contribution is 5.98. The smallest absolute Gasteiger partial charge is 0.305 e. The van der Waals surface area contributed by atoms with E-state index in [0.29, 0.717) is 11.3 Å². The fraction of sp³-hybridized carbons (Fsp3) is 0.240. The van der Waals surface area contributed by atoms with E-state index in [-0.39, 0.29) is 23.2 Å². The number of carbonyl (C=O) groups excluding carboxylic acids is 1. The topological polar surface area (TPSA) is 55.8 Å². The molecule has 0 saturated heterocycles. The Bertz CT molecular complexity index is 972. The number of hydrogen-bond acceptors (Lipinski definition) is 4. The Labute approximate surface area is 170 Å². The molecular formula is C25H24O4. The number of phenols is 1. The molecule has 0 fully saturated rings. The van der Waals surface area contributed by atoms with Gasteiger partial charge >= 0.3 is 5.79 Å². The lowest BCUT2D eigenvalue weighted by atomic mass is 9.95. The molecule has 4 rings (SSSR count). The summed E-state index contributed by atoms with van der Waals surface area (Å²) in [5.41, 5.74) is 2.03. The maximum absolute atomic E-state index is 12.8. The SMILES string of the molecule is CCCC(C)C(=O)c1cc(O)c2c(c1)OC(c1ccccc1)(c1ccccc1)O2. The van der Waals surface area contributed by atoms with E-state index in [1.165, 1.54) is 6.07 Å². The van der Waals surface area contributed by atoms with Gasteiger partial charge in [0.15, 0.2) is 17.3 Å². The Balaban J connectivity index is 1.79. The maximum atomic E-state index is 12.8. The van der Waals surface area contributed by atoms with Crippen molar-refractivity contribution in [3.05, 3.63) is 89.5 Å². The molecule has 1 atom stereocenters. The van der Waals surface area contributed by atoms with Crippen LogP contribution in [0, 0.1) is 5.92 Å². The highest BCUT2D eigenvalue weighted by atomic mass is 16.7. The number of fused-ring (bicyclic) bond motifs is 1. The number of benzene rings is 3. The molecule has 1 unspecified atom stereocenters. The molecule has 0 aromatic heterocycles. The zero-order chi connectivity index (χ0) is 20.4. The van der Waals surface area contributed by atoms with Crippen LogP contribution >= 0.6 is 0 Å². The minimum Gasteiger partial charge on any atom is -0.504 e. The van der Waals surface area contributed by atoms with Crippen molar-refractivity contribution in [3.63, 3.8) is 0 Å². The van der Waals surface area contributed by atoms with Crippen LogP contribution in [-0.4, -0.2) is 10.9 Å². The summed E-state index contributed by atoms with van der Waals surface area (Å²) in [5.74, 6) is -0.831. The first-order chi connectivity index (χ1) is 14.0. The minimum atomic E-state index is -1.22. The Morgan fingerprint density at radius 2 is 1.55 bits per heavy atom. The van der Waals surface area contributed by atoms with Crippen LogP contribution in [0.25, 0.3) is 0 Å². The van der Waals surface area contributed by atoms with Crippen LogP contribution < -0.4 is 9.47 Å². The monoisotopic (exact) mass is 388 g/mol. The summed E-state index contributed by atoms with van der Waals surface area (Å²) in [6, 6.07) is 22.3. The van der Waals surface area contributed by atoms with Crippen LogP contribution in [0.1, 0.15) is 48.2 Å². The van der Waals surface area contributed by atoms with Crippen LogP contribution in [0.4, 0.5) is 0 Å². The summed E-state index contributed by atoms with van der Waals surface area (Å²) in [4.78, 5) is 12.8. The molecule has 0 radical (unpaired) electrons. The summed E-state index contributed by atoms with van der Waals surface area (Å²) in [6.07, 6.45) is 1.72. The third-order valence-corrected chi connectivity index (χ3v) is 5.30. The maximum Gasteiger partial charge on any atom is 0.305 e. The van der Waals surface area contributed by atoms with Crippen molar-refractivity contribution in [2.24, 2.45) is 5.92 Å². The average molecular weight is 388 g/mol. The summed E-state index contributed by atoms with van der Waals surface area (Å²) in [5, 5.41) is 10.6. The second-order valence-corrected chi connectivity index (χ2v) is 7.43. The summed E-state index contributed by atoms with van der Waals surface area (Å²) in [6.45, 7) is 3.96. The number of rotatable bonds is 6. The molecule has 29 heavy (non-hydrogen) atoms. The van der Waals surface area contributed by atoms with Gasteiger partial charge in [0.2, 0.25) is 5.75 Å². The van der Waals surface area contributed by atoms with E-state index in [2.05, 4.69) is 6.92 Å². The van der Waals surface area contributed by atoms with Crippen LogP contribution in [0.2, 0.25) is 0 Å². The number of Topliss-reactive ketones (excluding diaryl/α,β-unsaturated/α-hetero) is 1. The molecule has 1 aliphatic heterocycles. The zero-order valence-electron chi connectivity index (χ0n) is 16.6. The minimum absolute atomic E-state index is 0.00882. The van der Waals surface area contributed by atoms with Gasteiger partial charge in [-0.25, -0.2) is 0 Å². The Hall–Kier alpha value is -3.27. The van der Waals surface area contributed by atoms with Crippen molar-refractivity contribution in [1.82, 2.24) is 0 Å². The molecule has 148 valence electrons. The van der Waals surface area contributed by atoms with Gasteiger partial charge in [-0.05, 0) is 18.6 Å². The predicted molar refractivity (Wildman–Crippen MR) is 111 cm³/mol. The second kappa shape index (κ2) is 7.63. The molecule has 3 aromatic carbocycles. The lowest BCUT2D eigenvalue weighted by Gasteiger charge is -2.28. The third kappa shape index (κ3) is 3.35. The lowest BCUT2D eigenvalue weighted by molar-refractivity contribution is -0.0467. The molecule has 0 amide bonds. The lowest BCUT2D eigenvalue weighted by Crippen LogP contribution is -2.36. The number of ether oxygens (including phenoxy) is 2. The van der Waals surface area contributed by atoms with Gasteiger partial charge in [-0.1, -0.05) is 80.9 Å². The van der Waals surface area contributed by atoms with Gasteiger partial charge in [-0.3, -0.25) is 4.79 Å². The standard InChI is InChI=1S/C25H24O4/c1-3-10-17(2)23(27)18-15-21(26)24-22(16-18)28-25(29-24,19-11-6-4-7-12-19)20-13-8-5-9-14-20/h4-9,11-17,26H,3,10H2,1-2H3. The fourth-order valence-corrected chi connectivity index (χ4v) is 3.79. The number of aromatic hydroxyl groups is 1. The van der Waals surface area contributed by atoms with E-state index >= 15 is 0 Å². The molecule has 4 nitrogen and oxygen atoms in total. The number of carbonyl (C=O) groups is 1. The van der Waals surface area contributed by atoms with E-state index < -0.39 is 5.79 Å². The van der Waals surface area contributed by atoms with Crippen molar-refractivity contribution in [3.8, 4) is 17.2 Å². The molecule has 0 saturated carbocycles. The molecule has 4 heteroatoms. The normalized spacial score (nSPS) is 15.1. The predicted octanol–water partition coefficient (Wildman–Crippen LogP) is 5.68. The molecule has 1 aliphatic rings. The van der Waals surface area contributed by atoms with Crippen molar-refractivity contribution in [1.29, 1.82) is 0 Å². The number of phenolic OH excluding ortho intramolecular Hbond substituents is 1. The summed E-state index contributed by atoms with van der Waals surface area (Å²) < 4.78 is 12.6. The fourth-order valence-electron chi connectivity index (χ4n) is 3.79. The Kier molecular flexibility index (Phi) is 5.01. The molecule has 1 N–H and O–H groups in total. The molecule has 0 spiro atoms. The van der Waals surface area contributed by atoms with Crippen molar-refractivity contribution >= 4 is 5.78 Å². The van der Waals surface area contributed by atoms with Gasteiger partial charge in [-0.15, -0.1) is 0 Å². The summed E-state index contributed by atoms with van der Waals surface area (Å²) >= 11 is 0. The van der Waals surface area contributed by atoms with Gasteiger partial charge in [0.1, 0.15) is 0 Å². The number of ketones is 1. The van der Waals surface area contributed by atoms with Gasteiger partial charge in [0, 0.05) is 22.6 Å². The van der Waals surface area contributed by atoms with Gasteiger partial charge in [0.05, 0.1) is 0 Å². The van der Waals surface area contributed by atoms with Crippen molar-refractivity contribution in [2.45, 2.75) is 32.5 Å². The number of hydrogen-bond donors (Lipinski definition) is 1. The van der Waals surface area contributed by atoms with Crippen LogP contribution in [-0.2, 0) is 5.79 Å². The highest BCUT2D eigenvalue weighted by Crippen LogP contribution is 2.52. The zero-order valence-corrected chi connectivity index (χ0v) is 16.6. The van der Waals surface area contributed by atoms with Crippen LogP contribution in [0.15, 0.2) is 72.8 Å². The van der Waals surface area contributed by atoms with Crippen LogP contribution in [0.3, 0.4) is 0 Å². The molecule has 3 aromatic rings. The van der Waals surface area contributed by atoms with Gasteiger partial charge in [-0.2, -0.15) is 0 Å². The van der Waals surface area contributed by atoms with E-state index in [1.54, 1.807) is 6.07 Å². The molecule has 0 bridgehead atoms. The quantitative estimate of drug-likeness (QED) is 0.552. The average Bonchev–Trinajstić information content (AvgIpc) is 3.16. The van der Waals surface area contributed by atoms with Gasteiger partial charge in [0.25, 0.3) is 0 Å². The summed E-state index contributed by atoms with van der Waals surface area (Å²) in [7, 11) is 0. The molecule has 1 heterocycles. The van der Waals surface area contributed by atoms with Crippen molar-refractivity contribution < 1.29 is 19.4 Å². The van der Waals surface area contributed by atoms with E-state index in [0.717, 1.165) is 24.0 Å². The first kappa shape index (κ1) is 19.1. The van der Waals surface area contributed by atoms with Crippen LogP contribution in [0.5, 0.6) is 17.2 Å². The third-order valence-electron chi connectivity index (χ3n) is 5.30. The second-order valence-electron chi connectivity index (χ2n) is 7.43. The highest BCUT2D eigenvalue weighted by Gasteiger charge is 2.46. The Morgan fingerprint density at radius 1 is 0.966 bits per heavy atom. The van der Waals surface area contributed by atoms with E-state index in [1.807, 2.05) is 67.6 Å². The van der Waals surface area contributed by atoms with E-state index in [4.69, 9.17) is 9.47 Å².